The number of rotatable bonds is 3. The minimum absolute atomic E-state index is 0.0227. The summed E-state index contributed by atoms with van der Waals surface area (Å²) in [5, 5.41) is 2.60. The van der Waals surface area contributed by atoms with Gasteiger partial charge in [-0.2, -0.15) is 0 Å². The summed E-state index contributed by atoms with van der Waals surface area (Å²) >= 11 is 0. The molecule has 23 heavy (non-hydrogen) atoms. The topological polar surface area (TPSA) is 58.6 Å². The van der Waals surface area contributed by atoms with Gasteiger partial charge in [0.1, 0.15) is 0 Å². The summed E-state index contributed by atoms with van der Waals surface area (Å²) in [6.45, 7) is 2.29. The molecule has 1 N–H and O–H groups in total. The van der Waals surface area contributed by atoms with Crippen molar-refractivity contribution >= 4 is 11.9 Å². The Morgan fingerprint density at radius 2 is 1.57 bits per heavy atom. The van der Waals surface area contributed by atoms with Crippen LogP contribution in [-0.2, 0) is 9.53 Å². The number of urea groups is 1. The molecule has 0 aromatic rings. The number of amides is 3. The van der Waals surface area contributed by atoms with E-state index in [0.29, 0.717) is 6.10 Å². The van der Waals surface area contributed by atoms with Crippen molar-refractivity contribution in [3.8, 4) is 0 Å². The maximum absolute atomic E-state index is 11.8. The second-order valence-corrected chi connectivity index (χ2v) is 7.73. The Morgan fingerprint density at radius 3 is 2.09 bits per heavy atom. The van der Waals surface area contributed by atoms with Gasteiger partial charge in [-0.25, -0.2) is 4.79 Å². The molecule has 0 aromatic carbocycles. The van der Waals surface area contributed by atoms with E-state index < -0.39 is 0 Å². The molecule has 3 amide bonds. The first-order chi connectivity index (χ1) is 11.1. The Labute approximate surface area is 139 Å². The molecule has 0 bridgehead atoms. The molecule has 3 aliphatic rings. The summed E-state index contributed by atoms with van der Waals surface area (Å²) in [5.74, 6) is -0.0965. The van der Waals surface area contributed by atoms with Crippen LogP contribution in [0.4, 0.5) is 4.79 Å². The number of carbonyl (C=O) groups is 2. The quantitative estimate of drug-likeness (QED) is 0.811. The molecular formula is C18H30N2O3. The first-order valence-electron chi connectivity index (χ1n) is 9.35. The number of nitrogens with zero attached hydrogens (tertiary/aromatic N) is 1. The minimum atomic E-state index is -0.235. The van der Waals surface area contributed by atoms with E-state index in [2.05, 4.69) is 12.2 Å². The number of imide groups is 1. The molecule has 3 rings (SSSR count). The molecule has 0 radical (unpaired) electrons. The van der Waals surface area contributed by atoms with Crippen molar-refractivity contribution in [2.24, 2.45) is 0 Å². The standard InChI is InChI=1S/C18H30N2O3/c1-18(11-14(12-18)20-16(21)13-19-17(20)22)23-15-9-7-5-3-2-4-6-8-10-15/h14-15H,2-13H2,1H3,(H,19,22). The van der Waals surface area contributed by atoms with Crippen molar-refractivity contribution in [3.63, 3.8) is 0 Å². The molecule has 3 fully saturated rings. The summed E-state index contributed by atoms with van der Waals surface area (Å²) in [6.07, 6.45) is 13.5. The van der Waals surface area contributed by atoms with Gasteiger partial charge in [0, 0.05) is 6.04 Å². The number of hydrogen-bond donors (Lipinski definition) is 1. The van der Waals surface area contributed by atoms with Gasteiger partial charge >= 0.3 is 6.03 Å². The molecule has 2 saturated carbocycles. The second-order valence-electron chi connectivity index (χ2n) is 7.73. The Kier molecular flexibility index (Phi) is 5.24. The molecule has 1 aliphatic heterocycles. The normalized spacial score (nSPS) is 34.1. The lowest BCUT2D eigenvalue weighted by Crippen LogP contribution is -2.57. The highest BCUT2D eigenvalue weighted by atomic mass is 16.5. The van der Waals surface area contributed by atoms with Crippen molar-refractivity contribution in [1.82, 2.24) is 10.2 Å². The van der Waals surface area contributed by atoms with E-state index in [9.17, 15) is 9.59 Å². The highest BCUT2D eigenvalue weighted by molar-refractivity contribution is 6.02. The molecule has 0 unspecified atom stereocenters. The third-order valence-electron chi connectivity index (χ3n) is 5.58. The van der Waals surface area contributed by atoms with Crippen LogP contribution in [0.25, 0.3) is 0 Å². The van der Waals surface area contributed by atoms with Crippen LogP contribution in [0.5, 0.6) is 0 Å². The van der Waals surface area contributed by atoms with Crippen LogP contribution >= 0.6 is 0 Å². The van der Waals surface area contributed by atoms with Gasteiger partial charge in [-0.1, -0.05) is 44.9 Å². The van der Waals surface area contributed by atoms with Crippen molar-refractivity contribution in [3.05, 3.63) is 0 Å². The zero-order chi connectivity index (χ0) is 16.3. The van der Waals surface area contributed by atoms with Crippen molar-refractivity contribution in [1.29, 1.82) is 0 Å². The maximum atomic E-state index is 11.8. The van der Waals surface area contributed by atoms with Crippen LogP contribution in [0.15, 0.2) is 0 Å². The minimum Gasteiger partial charge on any atom is -0.372 e. The Bertz CT molecular complexity index is 420. The van der Waals surface area contributed by atoms with Gasteiger partial charge in [0.05, 0.1) is 18.2 Å². The summed E-state index contributed by atoms with van der Waals surface area (Å²) in [6, 6.07) is -0.213. The third-order valence-corrected chi connectivity index (χ3v) is 5.58. The predicted molar refractivity (Wildman–Crippen MR) is 88.1 cm³/mol. The number of ether oxygens (including phenoxy) is 1. The average molecular weight is 322 g/mol. The molecule has 1 heterocycles. The lowest BCUT2D eigenvalue weighted by molar-refractivity contribution is -0.162. The van der Waals surface area contributed by atoms with Gasteiger partial charge in [-0.05, 0) is 32.6 Å². The van der Waals surface area contributed by atoms with Crippen molar-refractivity contribution in [2.45, 2.75) is 95.3 Å². The monoisotopic (exact) mass is 322 g/mol. The zero-order valence-electron chi connectivity index (χ0n) is 14.3. The molecule has 2 aliphatic carbocycles. The van der Waals surface area contributed by atoms with Crippen molar-refractivity contribution in [2.75, 3.05) is 6.54 Å². The van der Waals surface area contributed by atoms with E-state index in [1.807, 2.05) is 0 Å². The predicted octanol–water partition coefficient (Wildman–Crippen LogP) is 3.37. The van der Waals surface area contributed by atoms with E-state index in [1.54, 1.807) is 0 Å². The zero-order valence-corrected chi connectivity index (χ0v) is 14.3. The molecular weight excluding hydrogens is 292 g/mol. The largest absolute Gasteiger partial charge is 0.372 e. The summed E-state index contributed by atoms with van der Waals surface area (Å²) in [5.41, 5.74) is -0.164. The van der Waals surface area contributed by atoms with Crippen LogP contribution < -0.4 is 5.32 Å². The third kappa shape index (κ3) is 4.06. The molecule has 0 atom stereocenters. The van der Waals surface area contributed by atoms with Crippen LogP contribution in [0, 0.1) is 0 Å². The Hall–Kier alpha value is -1.10. The fraction of sp³-hybridized carbons (Fsp3) is 0.889. The van der Waals surface area contributed by atoms with E-state index >= 15 is 0 Å². The highest BCUT2D eigenvalue weighted by Crippen LogP contribution is 2.41. The molecule has 130 valence electrons. The lowest BCUT2D eigenvalue weighted by Gasteiger charge is -2.49. The molecule has 1 saturated heterocycles. The first kappa shape index (κ1) is 16.7. The molecule has 0 aromatic heterocycles. The summed E-state index contributed by atoms with van der Waals surface area (Å²) < 4.78 is 6.44. The van der Waals surface area contributed by atoms with Gasteiger partial charge < -0.3 is 10.1 Å². The molecule has 5 nitrogen and oxygen atoms in total. The smallest absolute Gasteiger partial charge is 0.324 e. The Balaban J connectivity index is 1.49. The Morgan fingerprint density at radius 1 is 1.00 bits per heavy atom. The number of hydrogen-bond acceptors (Lipinski definition) is 3. The van der Waals surface area contributed by atoms with Gasteiger partial charge in [-0.15, -0.1) is 0 Å². The number of carbonyl (C=O) groups excluding carboxylic acids is 2. The highest BCUT2D eigenvalue weighted by Gasteiger charge is 2.49. The van der Waals surface area contributed by atoms with E-state index in [-0.39, 0.29) is 30.1 Å². The SMILES string of the molecule is CC1(OC2CCCCCCCCC2)CC(N2C(=O)CNC2=O)C1. The maximum Gasteiger partial charge on any atom is 0.324 e. The van der Waals surface area contributed by atoms with Gasteiger partial charge in [-0.3, -0.25) is 9.69 Å². The number of nitrogens with one attached hydrogen (secondary N) is 1. The van der Waals surface area contributed by atoms with Crippen molar-refractivity contribution < 1.29 is 14.3 Å². The molecule has 0 spiro atoms. The first-order valence-corrected chi connectivity index (χ1v) is 9.35. The van der Waals surface area contributed by atoms with E-state index in [0.717, 1.165) is 25.7 Å². The van der Waals surface area contributed by atoms with Gasteiger partial charge in [0.15, 0.2) is 0 Å². The van der Waals surface area contributed by atoms with Crippen LogP contribution in [0.1, 0.15) is 77.6 Å². The lowest BCUT2D eigenvalue weighted by atomic mass is 9.75. The second kappa shape index (κ2) is 7.20. The van der Waals surface area contributed by atoms with Crippen LogP contribution in [-0.4, -0.2) is 41.1 Å². The van der Waals surface area contributed by atoms with Gasteiger partial charge in [0.2, 0.25) is 5.91 Å². The summed E-state index contributed by atoms with van der Waals surface area (Å²) in [7, 11) is 0. The van der Waals surface area contributed by atoms with Gasteiger partial charge in [0.25, 0.3) is 0 Å². The van der Waals surface area contributed by atoms with Crippen LogP contribution in [0.2, 0.25) is 0 Å². The summed E-state index contributed by atoms with van der Waals surface area (Å²) in [4.78, 5) is 24.9. The molecule has 5 heteroatoms. The van der Waals surface area contributed by atoms with E-state index in [4.69, 9.17) is 4.74 Å². The van der Waals surface area contributed by atoms with E-state index in [1.165, 1.54) is 49.8 Å². The fourth-order valence-electron chi connectivity index (χ4n) is 4.31. The average Bonchev–Trinajstić information content (AvgIpc) is 2.82. The fourth-order valence-corrected chi connectivity index (χ4v) is 4.31. The van der Waals surface area contributed by atoms with Crippen LogP contribution in [0.3, 0.4) is 0 Å².